The van der Waals surface area contributed by atoms with Crippen LogP contribution in [0, 0.1) is 11.7 Å². The molecular weight excluding hydrogens is 327 g/mol. The van der Waals surface area contributed by atoms with Crippen LogP contribution in [-0.2, 0) is 4.74 Å². The molecule has 8 heteroatoms. The number of carbonyl (C=O) groups excluding carboxylic acids is 2. The smallest absolute Gasteiger partial charge is 0.314 e. The normalized spacial score (nSPS) is 18.2. The van der Waals surface area contributed by atoms with E-state index in [0.29, 0.717) is 38.4 Å². The van der Waals surface area contributed by atoms with Gasteiger partial charge in [0, 0.05) is 44.2 Å². The molecule has 1 atom stereocenters. The van der Waals surface area contributed by atoms with Crippen molar-refractivity contribution in [3.05, 3.63) is 35.6 Å². The molecule has 1 saturated heterocycles. The van der Waals surface area contributed by atoms with Crippen molar-refractivity contribution in [2.75, 3.05) is 53.0 Å². The Kier molecular flexibility index (Phi) is 7.62. The maximum Gasteiger partial charge on any atom is 0.314 e. The molecule has 1 fully saturated rings. The number of carbonyl (C=O) groups is 2. The van der Waals surface area contributed by atoms with Crippen LogP contribution >= 0.6 is 0 Å². The van der Waals surface area contributed by atoms with Crippen molar-refractivity contribution in [3.63, 3.8) is 0 Å². The molecular formula is C17H25FN4O3. The van der Waals surface area contributed by atoms with Crippen LogP contribution in [0.4, 0.5) is 9.18 Å². The highest BCUT2D eigenvalue weighted by Crippen LogP contribution is 2.04. The first-order chi connectivity index (χ1) is 12.0. The van der Waals surface area contributed by atoms with Crippen LogP contribution in [0.2, 0.25) is 0 Å². The number of nitrogens with zero attached hydrogens (tertiary/aromatic N) is 1. The predicted molar refractivity (Wildman–Crippen MR) is 91.9 cm³/mol. The fourth-order valence-corrected chi connectivity index (χ4v) is 2.53. The Morgan fingerprint density at radius 1 is 1.20 bits per heavy atom. The van der Waals surface area contributed by atoms with Crippen molar-refractivity contribution >= 4 is 11.9 Å². The van der Waals surface area contributed by atoms with Crippen molar-refractivity contribution < 1.29 is 18.7 Å². The Bertz CT molecular complexity index is 568. The van der Waals surface area contributed by atoms with Crippen molar-refractivity contribution in [1.29, 1.82) is 0 Å². The van der Waals surface area contributed by atoms with E-state index in [1.54, 1.807) is 0 Å². The first-order valence-corrected chi connectivity index (χ1v) is 8.36. The standard InChI is InChI=1S/C17H25FN4O3/c1-22-8-9-25-12-13(11-22)10-21-17(24)20-7-6-19-16(23)14-2-4-15(18)5-3-14/h2-5,13H,6-12H2,1H3,(H,19,23)(H2,20,21,24)/t13-/m1/s1. The number of benzene rings is 1. The molecule has 1 aromatic carbocycles. The molecule has 138 valence electrons. The molecule has 0 aliphatic carbocycles. The summed E-state index contributed by atoms with van der Waals surface area (Å²) < 4.78 is 18.3. The summed E-state index contributed by atoms with van der Waals surface area (Å²) >= 11 is 0. The number of rotatable bonds is 6. The molecule has 0 unspecified atom stereocenters. The topological polar surface area (TPSA) is 82.7 Å². The minimum Gasteiger partial charge on any atom is -0.380 e. The molecule has 0 bridgehead atoms. The van der Waals surface area contributed by atoms with Gasteiger partial charge in [-0.2, -0.15) is 0 Å². The summed E-state index contributed by atoms with van der Waals surface area (Å²) in [6.07, 6.45) is 0. The number of hydrogen-bond acceptors (Lipinski definition) is 4. The third-order valence-corrected chi connectivity index (χ3v) is 3.89. The van der Waals surface area contributed by atoms with Gasteiger partial charge in [-0.1, -0.05) is 0 Å². The van der Waals surface area contributed by atoms with E-state index in [1.165, 1.54) is 24.3 Å². The molecule has 1 heterocycles. The minimum atomic E-state index is -0.389. The van der Waals surface area contributed by atoms with E-state index < -0.39 is 0 Å². The van der Waals surface area contributed by atoms with Crippen LogP contribution in [0.3, 0.4) is 0 Å². The third kappa shape index (κ3) is 7.06. The summed E-state index contributed by atoms with van der Waals surface area (Å²) in [4.78, 5) is 25.8. The zero-order chi connectivity index (χ0) is 18.1. The van der Waals surface area contributed by atoms with E-state index in [2.05, 4.69) is 20.9 Å². The molecule has 1 aliphatic rings. The van der Waals surface area contributed by atoms with Gasteiger partial charge in [0.25, 0.3) is 5.91 Å². The highest BCUT2D eigenvalue weighted by atomic mass is 19.1. The molecule has 25 heavy (non-hydrogen) atoms. The lowest BCUT2D eigenvalue weighted by Gasteiger charge is -2.19. The SMILES string of the molecule is CN1CCOC[C@H](CNC(=O)NCCNC(=O)c2ccc(F)cc2)C1. The van der Waals surface area contributed by atoms with E-state index in [0.717, 1.165) is 13.1 Å². The van der Waals surface area contributed by atoms with Gasteiger partial charge in [-0.3, -0.25) is 4.79 Å². The Labute approximate surface area is 146 Å². The monoisotopic (exact) mass is 352 g/mol. The fourth-order valence-electron chi connectivity index (χ4n) is 2.53. The fraction of sp³-hybridized carbons (Fsp3) is 0.529. The van der Waals surface area contributed by atoms with Gasteiger partial charge in [0.05, 0.1) is 13.2 Å². The lowest BCUT2D eigenvalue weighted by atomic mass is 10.1. The van der Waals surface area contributed by atoms with Crippen molar-refractivity contribution in [2.45, 2.75) is 0 Å². The summed E-state index contributed by atoms with van der Waals surface area (Å²) in [6.45, 7) is 4.27. The summed E-state index contributed by atoms with van der Waals surface area (Å²) in [5.74, 6) is -0.433. The molecule has 2 rings (SSSR count). The van der Waals surface area contributed by atoms with Gasteiger partial charge in [-0.15, -0.1) is 0 Å². The summed E-state index contributed by atoms with van der Waals surface area (Å²) in [6, 6.07) is 5.01. The maximum atomic E-state index is 12.8. The van der Waals surface area contributed by atoms with Gasteiger partial charge >= 0.3 is 6.03 Å². The van der Waals surface area contributed by atoms with E-state index in [1.807, 2.05) is 7.05 Å². The van der Waals surface area contributed by atoms with Crippen molar-refractivity contribution in [3.8, 4) is 0 Å². The third-order valence-electron chi connectivity index (χ3n) is 3.89. The molecule has 0 radical (unpaired) electrons. The predicted octanol–water partition coefficient (Wildman–Crippen LogP) is 0.433. The lowest BCUT2D eigenvalue weighted by Crippen LogP contribution is -2.43. The van der Waals surface area contributed by atoms with E-state index >= 15 is 0 Å². The Hall–Kier alpha value is -2.19. The first kappa shape index (κ1) is 19.1. The maximum absolute atomic E-state index is 12.8. The van der Waals surface area contributed by atoms with Crippen LogP contribution in [0.25, 0.3) is 0 Å². The number of ether oxygens (including phenoxy) is 1. The zero-order valence-corrected chi connectivity index (χ0v) is 14.4. The molecule has 1 aliphatic heterocycles. The number of halogens is 1. The highest BCUT2D eigenvalue weighted by molar-refractivity contribution is 5.94. The van der Waals surface area contributed by atoms with Crippen LogP contribution in [0.15, 0.2) is 24.3 Å². The molecule has 0 aromatic heterocycles. The number of hydrogen-bond donors (Lipinski definition) is 3. The summed E-state index contributed by atoms with van der Waals surface area (Å²) in [5, 5.41) is 8.16. The molecule has 3 N–H and O–H groups in total. The zero-order valence-electron chi connectivity index (χ0n) is 14.4. The van der Waals surface area contributed by atoms with Crippen LogP contribution in [0.5, 0.6) is 0 Å². The van der Waals surface area contributed by atoms with Gasteiger partial charge in [-0.05, 0) is 31.3 Å². The average molecular weight is 352 g/mol. The number of amides is 3. The largest absolute Gasteiger partial charge is 0.380 e. The molecule has 0 spiro atoms. The van der Waals surface area contributed by atoms with Crippen LogP contribution in [-0.4, -0.2) is 69.8 Å². The van der Waals surface area contributed by atoms with E-state index in [-0.39, 0.29) is 23.7 Å². The lowest BCUT2D eigenvalue weighted by molar-refractivity contribution is 0.0953. The Morgan fingerprint density at radius 3 is 2.68 bits per heavy atom. The second-order valence-electron chi connectivity index (χ2n) is 6.10. The second kappa shape index (κ2) is 9.95. The number of likely N-dealkylation sites (N-methyl/N-ethyl adjacent to an activating group) is 1. The number of nitrogens with one attached hydrogen (secondary N) is 3. The van der Waals surface area contributed by atoms with Gasteiger partial charge in [0.2, 0.25) is 0 Å². The minimum absolute atomic E-state index is 0.261. The molecule has 3 amide bonds. The van der Waals surface area contributed by atoms with Gasteiger partial charge < -0.3 is 25.6 Å². The molecule has 7 nitrogen and oxygen atoms in total. The highest BCUT2D eigenvalue weighted by Gasteiger charge is 2.16. The van der Waals surface area contributed by atoms with Gasteiger partial charge in [-0.25, -0.2) is 9.18 Å². The van der Waals surface area contributed by atoms with Crippen LogP contribution in [0.1, 0.15) is 10.4 Å². The Balaban J connectivity index is 1.58. The van der Waals surface area contributed by atoms with E-state index in [4.69, 9.17) is 4.74 Å². The van der Waals surface area contributed by atoms with Crippen molar-refractivity contribution in [1.82, 2.24) is 20.9 Å². The van der Waals surface area contributed by atoms with Gasteiger partial charge in [0.15, 0.2) is 0 Å². The second-order valence-corrected chi connectivity index (χ2v) is 6.10. The van der Waals surface area contributed by atoms with Gasteiger partial charge in [0.1, 0.15) is 5.82 Å². The molecule has 1 aromatic rings. The van der Waals surface area contributed by atoms with Crippen LogP contribution < -0.4 is 16.0 Å². The van der Waals surface area contributed by atoms with E-state index in [9.17, 15) is 14.0 Å². The summed E-state index contributed by atoms with van der Waals surface area (Å²) in [5.41, 5.74) is 0.378. The summed E-state index contributed by atoms with van der Waals surface area (Å²) in [7, 11) is 2.03. The molecule has 0 saturated carbocycles. The Morgan fingerprint density at radius 2 is 1.92 bits per heavy atom. The number of urea groups is 1. The average Bonchev–Trinajstić information content (AvgIpc) is 2.81. The van der Waals surface area contributed by atoms with Crippen molar-refractivity contribution in [2.24, 2.45) is 5.92 Å². The quantitative estimate of drug-likeness (QED) is 0.649. The first-order valence-electron chi connectivity index (χ1n) is 8.36.